The molecule has 0 bridgehead atoms. The average molecular weight is 298 g/mol. The van der Waals surface area contributed by atoms with Gasteiger partial charge in [-0.25, -0.2) is 0 Å². The van der Waals surface area contributed by atoms with Gasteiger partial charge in [0.15, 0.2) is 0 Å². The van der Waals surface area contributed by atoms with Crippen molar-refractivity contribution in [1.82, 2.24) is 10.3 Å². The Kier molecular flexibility index (Phi) is 4.12. The highest BCUT2D eigenvalue weighted by Gasteiger charge is 2.24. The molecule has 4 nitrogen and oxygen atoms in total. The number of rotatable bonds is 4. The Hall–Kier alpha value is -0.940. The number of nitrogens with two attached hydrogens (primary N) is 1. The minimum Gasteiger partial charge on any atom is -0.368 e. The second-order valence-corrected chi connectivity index (χ2v) is 5.30. The molecule has 2 rings (SSSR count). The number of hydrogen-bond donors (Lipinski definition) is 2. The van der Waals surface area contributed by atoms with Crippen LogP contribution in [0.5, 0.6) is 0 Å². The van der Waals surface area contributed by atoms with Gasteiger partial charge in [0.2, 0.25) is 5.91 Å². The van der Waals surface area contributed by atoms with Gasteiger partial charge in [-0.05, 0) is 40.9 Å². The minimum atomic E-state index is -0.480. The van der Waals surface area contributed by atoms with Crippen LogP contribution in [-0.2, 0) is 4.79 Å². The fraction of sp³-hybridized carbons (Fsp3) is 0.500. The maximum Gasteiger partial charge on any atom is 0.240 e. The first-order valence-corrected chi connectivity index (χ1v) is 6.63. The topological polar surface area (TPSA) is 68.0 Å². The summed E-state index contributed by atoms with van der Waals surface area (Å²) in [5.41, 5.74) is 6.12. The average Bonchev–Trinajstić information content (AvgIpc) is 2.80. The summed E-state index contributed by atoms with van der Waals surface area (Å²) in [5, 5.41) is 3.30. The van der Waals surface area contributed by atoms with E-state index in [1.165, 1.54) is 12.8 Å². The van der Waals surface area contributed by atoms with Crippen molar-refractivity contribution in [3.8, 4) is 0 Å². The number of amides is 1. The molecule has 92 valence electrons. The van der Waals surface area contributed by atoms with Gasteiger partial charge in [0.25, 0.3) is 0 Å². The van der Waals surface area contributed by atoms with Gasteiger partial charge in [0, 0.05) is 16.7 Å². The van der Waals surface area contributed by atoms with E-state index in [0.29, 0.717) is 11.7 Å². The Morgan fingerprint density at radius 3 is 2.71 bits per heavy atom. The molecule has 5 heteroatoms. The summed E-state index contributed by atoms with van der Waals surface area (Å²) < 4.78 is 0.894. The first kappa shape index (κ1) is 12.5. The summed E-state index contributed by atoms with van der Waals surface area (Å²) in [7, 11) is 0. The highest BCUT2D eigenvalue weighted by molar-refractivity contribution is 9.10. The maximum atomic E-state index is 11.5. The molecule has 1 saturated carbocycles. The molecular formula is C12H16BrN3O. The zero-order chi connectivity index (χ0) is 12.3. The van der Waals surface area contributed by atoms with Crippen LogP contribution in [-0.4, -0.2) is 16.9 Å². The summed E-state index contributed by atoms with van der Waals surface area (Å²) in [4.78, 5) is 15.7. The third-order valence-electron chi connectivity index (χ3n) is 3.09. The second-order valence-electron chi connectivity index (χ2n) is 4.38. The molecule has 1 amide bonds. The maximum absolute atomic E-state index is 11.5. The first-order valence-electron chi connectivity index (χ1n) is 5.83. The van der Waals surface area contributed by atoms with E-state index in [4.69, 9.17) is 5.73 Å². The van der Waals surface area contributed by atoms with Crippen molar-refractivity contribution in [1.29, 1.82) is 0 Å². The lowest BCUT2D eigenvalue weighted by Crippen LogP contribution is -2.39. The van der Waals surface area contributed by atoms with E-state index < -0.39 is 6.04 Å². The van der Waals surface area contributed by atoms with E-state index in [1.807, 2.05) is 12.1 Å². The molecule has 1 unspecified atom stereocenters. The molecule has 0 aliphatic heterocycles. The number of nitrogens with zero attached hydrogens (tertiary/aromatic N) is 1. The number of primary amides is 1. The first-order chi connectivity index (χ1) is 8.16. The SMILES string of the molecule is NC(=O)C(NC1CCCC1)c1ccc(Br)cn1. The van der Waals surface area contributed by atoms with E-state index in [0.717, 1.165) is 17.3 Å². The van der Waals surface area contributed by atoms with Crippen LogP contribution < -0.4 is 11.1 Å². The summed E-state index contributed by atoms with van der Waals surface area (Å²) in [5.74, 6) is -0.369. The van der Waals surface area contributed by atoms with Crippen LogP contribution in [0.1, 0.15) is 37.4 Å². The Morgan fingerprint density at radius 1 is 1.47 bits per heavy atom. The monoisotopic (exact) mass is 297 g/mol. The van der Waals surface area contributed by atoms with Crippen LogP contribution in [0.25, 0.3) is 0 Å². The second kappa shape index (κ2) is 5.60. The smallest absolute Gasteiger partial charge is 0.240 e. The molecule has 3 N–H and O–H groups in total. The number of carbonyl (C=O) groups excluding carboxylic acids is 1. The summed E-state index contributed by atoms with van der Waals surface area (Å²) >= 11 is 3.32. The lowest BCUT2D eigenvalue weighted by molar-refractivity contribution is -0.120. The van der Waals surface area contributed by atoms with Gasteiger partial charge in [-0.15, -0.1) is 0 Å². The summed E-state index contributed by atoms with van der Waals surface area (Å²) in [6.45, 7) is 0. The van der Waals surface area contributed by atoms with E-state index in [-0.39, 0.29) is 5.91 Å². The van der Waals surface area contributed by atoms with Crippen molar-refractivity contribution in [2.75, 3.05) is 0 Å². The Labute approximate surface area is 109 Å². The molecule has 1 aliphatic rings. The number of aromatic nitrogens is 1. The molecule has 0 radical (unpaired) electrons. The van der Waals surface area contributed by atoms with Crippen molar-refractivity contribution in [2.24, 2.45) is 5.73 Å². The number of halogens is 1. The van der Waals surface area contributed by atoms with Gasteiger partial charge >= 0.3 is 0 Å². The molecule has 1 heterocycles. The third-order valence-corrected chi connectivity index (χ3v) is 3.56. The molecule has 1 atom stereocenters. The van der Waals surface area contributed by atoms with Gasteiger partial charge in [-0.2, -0.15) is 0 Å². The number of pyridine rings is 1. The molecule has 17 heavy (non-hydrogen) atoms. The van der Waals surface area contributed by atoms with Gasteiger partial charge in [-0.3, -0.25) is 15.1 Å². The quantitative estimate of drug-likeness (QED) is 0.892. The van der Waals surface area contributed by atoms with Crippen LogP contribution in [0.4, 0.5) is 0 Å². The Morgan fingerprint density at radius 2 is 2.18 bits per heavy atom. The molecule has 1 aromatic rings. The van der Waals surface area contributed by atoms with E-state index >= 15 is 0 Å². The van der Waals surface area contributed by atoms with Gasteiger partial charge in [-0.1, -0.05) is 12.8 Å². The molecule has 1 aromatic heterocycles. The number of carbonyl (C=O) groups is 1. The number of nitrogens with one attached hydrogen (secondary N) is 1. The normalized spacial score (nSPS) is 18.2. The zero-order valence-electron chi connectivity index (χ0n) is 9.53. The van der Waals surface area contributed by atoms with E-state index in [2.05, 4.69) is 26.2 Å². The van der Waals surface area contributed by atoms with Crippen LogP contribution in [0.15, 0.2) is 22.8 Å². The minimum absolute atomic E-state index is 0.369. The van der Waals surface area contributed by atoms with Gasteiger partial charge < -0.3 is 5.73 Å². The number of hydrogen-bond acceptors (Lipinski definition) is 3. The largest absolute Gasteiger partial charge is 0.368 e. The molecule has 1 fully saturated rings. The van der Waals surface area contributed by atoms with Crippen LogP contribution >= 0.6 is 15.9 Å². The van der Waals surface area contributed by atoms with Crippen LogP contribution in [0.2, 0.25) is 0 Å². The molecule has 1 aliphatic carbocycles. The third kappa shape index (κ3) is 3.26. The van der Waals surface area contributed by atoms with Crippen LogP contribution in [0.3, 0.4) is 0 Å². The predicted octanol–water partition coefficient (Wildman–Crippen LogP) is 1.90. The lowest BCUT2D eigenvalue weighted by Gasteiger charge is -2.19. The molecule has 0 spiro atoms. The van der Waals surface area contributed by atoms with Crippen molar-refractivity contribution >= 4 is 21.8 Å². The Balaban J connectivity index is 2.10. The van der Waals surface area contributed by atoms with E-state index in [1.54, 1.807) is 6.20 Å². The Bertz CT molecular complexity index is 387. The van der Waals surface area contributed by atoms with Crippen molar-refractivity contribution < 1.29 is 4.79 Å². The lowest BCUT2D eigenvalue weighted by atomic mass is 10.1. The molecular weight excluding hydrogens is 282 g/mol. The molecule has 0 saturated heterocycles. The van der Waals surface area contributed by atoms with Crippen molar-refractivity contribution in [2.45, 2.75) is 37.8 Å². The fourth-order valence-corrected chi connectivity index (χ4v) is 2.43. The predicted molar refractivity (Wildman–Crippen MR) is 69.3 cm³/mol. The van der Waals surface area contributed by atoms with Crippen molar-refractivity contribution in [3.63, 3.8) is 0 Å². The summed E-state index contributed by atoms with van der Waals surface area (Å²) in [6.07, 6.45) is 6.34. The zero-order valence-corrected chi connectivity index (χ0v) is 11.1. The standard InChI is InChI=1S/C12H16BrN3O/c13-8-5-6-10(15-7-8)11(12(14)17)16-9-3-1-2-4-9/h5-7,9,11,16H,1-4H2,(H2,14,17). The van der Waals surface area contributed by atoms with Crippen LogP contribution in [0, 0.1) is 0 Å². The fourth-order valence-electron chi connectivity index (χ4n) is 2.20. The summed E-state index contributed by atoms with van der Waals surface area (Å²) in [6, 6.07) is 3.60. The molecule has 0 aromatic carbocycles. The van der Waals surface area contributed by atoms with E-state index in [9.17, 15) is 4.79 Å². The highest BCUT2D eigenvalue weighted by atomic mass is 79.9. The van der Waals surface area contributed by atoms with Crippen molar-refractivity contribution in [3.05, 3.63) is 28.5 Å². The highest BCUT2D eigenvalue weighted by Crippen LogP contribution is 2.22. The van der Waals surface area contributed by atoms with Gasteiger partial charge in [0.05, 0.1) is 5.69 Å². The van der Waals surface area contributed by atoms with Gasteiger partial charge in [0.1, 0.15) is 6.04 Å².